The van der Waals surface area contributed by atoms with Crippen LogP contribution in [0.1, 0.15) is 18.9 Å². The second kappa shape index (κ2) is 4.64. The fourth-order valence-electron chi connectivity index (χ4n) is 1.92. The molecule has 1 saturated heterocycles. The Labute approximate surface area is 90.1 Å². The third kappa shape index (κ3) is 2.30. The molecule has 0 unspecified atom stereocenters. The van der Waals surface area contributed by atoms with Crippen molar-refractivity contribution in [3.63, 3.8) is 0 Å². The summed E-state index contributed by atoms with van der Waals surface area (Å²) in [5, 5.41) is 12.6. The second-order valence-corrected chi connectivity index (χ2v) is 3.93. The summed E-state index contributed by atoms with van der Waals surface area (Å²) in [4.78, 5) is 0. The van der Waals surface area contributed by atoms with Crippen molar-refractivity contribution in [2.45, 2.75) is 32.1 Å². The highest BCUT2D eigenvalue weighted by molar-refractivity contribution is 5.51. The van der Waals surface area contributed by atoms with Crippen LogP contribution in [0.2, 0.25) is 0 Å². The molecular formula is C12H17NO2. The Balaban J connectivity index is 2.09. The highest BCUT2D eigenvalue weighted by atomic mass is 16.5. The fraction of sp³-hybridized carbons (Fsp3) is 0.500. The molecule has 3 heteroatoms. The van der Waals surface area contributed by atoms with E-state index in [1.165, 1.54) is 0 Å². The van der Waals surface area contributed by atoms with Gasteiger partial charge in [-0.2, -0.15) is 0 Å². The van der Waals surface area contributed by atoms with Gasteiger partial charge in [-0.15, -0.1) is 0 Å². The summed E-state index contributed by atoms with van der Waals surface area (Å²) in [5.41, 5.74) is 1.96. The van der Waals surface area contributed by atoms with Crippen molar-refractivity contribution >= 4 is 5.69 Å². The van der Waals surface area contributed by atoms with E-state index in [4.69, 9.17) is 4.74 Å². The quantitative estimate of drug-likeness (QED) is 0.793. The van der Waals surface area contributed by atoms with Gasteiger partial charge in [0.2, 0.25) is 0 Å². The topological polar surface area (TPSA) is 41.5 Å². The van der Waals surface area contributed by atoms with Gasteiger partial charge in [0, 0.05) is 17.9 Å². The van der Waals surface area contributed by atoms with Crippen LogP contribution in [0, 0.1) is 0 Å². The van der Waals surface area contributed by atoms with Crippen LogP contribution in [0.25, 0.3) is 0 Å². The Morgan fingerprint density at radius 2 is 2.27 bits per heavy atom. The van der Waals surface area contributed by atoms with E-state index in [1.54, 1.807) is 0 Å². The predicted octanol–water partition coefficient (Wildman–Crippen LogP) is 1.77. The average molecular weight is 207 g/mol. The van der Waals surface area contributed by atoms with Crippen LogP contribution in [0.4, 0.5) is 5.69 Å². The van der Waals surface area contributed by atoms with Gasteiger partial charge in [-0.3, -0.25) is 0 Å². The summed E-state index contributed by atoms with van der Waals surface area (Å²) in [5.74, 6) is 0. The molecule has 0 aromatic heterocycles. The minimum Gasteiger partial charge on any atom is -0.392 e. The zero-order chi connectivity index (χ0) is 10.7. The number of aliphatic hydroxyl groups excluding tert-OH is 1. The molecule has 1 fully saturated rings. The van der Waals surface area contributed by atoms with E-state index in [1.807, 2.05) is 24.3 Å². The van der Waals surface area contributed by atoms with Crippen LogP contribution in [0.3, 0.4) is 0 Å². The van der Waals surface area contributed by atoms with E-state index >= 15 is 0 Å². The maximum absolute atomic E-state index is 9.19. The highest BCUT2D eigenvalue weighted by Crippen LogP contribution is 2.21. The Bertz CT molecular complexity index is 327. The Morgan fingerprint density at radius 3 is 2.93 bits per heavy atom. The molecular weight excluding hydrogens is 190 g/mol. The maximum atomic E-state index is 9.19. The van der Waals surface area contributed by atoms with E-state index < -0.39 is 0 Å². The fourth-order valence-corrected chi connectivity index (χ4v) is 1.92. The lowest BCUT2D eigenvalue weighted by atomic mass is 10.1. The predicted molar refractivity (Wildman–Crippen MR) is 59.8 cm³/mol. The van der Waals surface area contributed by atoms with Gasteiger partial charge in [-0.25, -0.2) is 0 Å². The molecule has 2 N–H and O–H groups in total. The number of benzene rings is 1. The normalized spacial score (nSPS) is 25.5. The van der Waals surface area contributed by atoms with Gasteiger partial charge in [0.05, 0.1) is 18.8 Å². The SMILES string of the molecule is C[C@H]1OCC[C@H]1Nc1ccccc1CO. The molecule has 2 atom stereocenters. The molecule has 0 bridgehead atoms. The van der Waals surface area contributed by atoms with Crippen molar-refractivity contribution in [3.05, 3.63) is 29.8 Å². The number of nitrogens with one attached hydrogen (secondary N) is 1. The molecule has 1 aliphatic rings. The van der Waals surface area contributed by atoms with Crippen molar-refractivity contribution in [1.82, 2.24) is 0 Å². The third-order valence-electron chi connectivity index (χ3n) is 2.90. The molecule has 3 nitrogen and oxygen atoms in total. The van der Waals surface area contributed by atoms with Crippen molar-refractivity contribution in [3.8, 4) is 0 Å². The highest BCUT2D eigenvalue weighted by Gasteiger charge is 2.24. The first kappa shape index (κ1) is 10.5. The van der Waals surface area contributed by atoms with Gasteiger partial charge in [0.1, 0.15) is 0 Å². The van der Waals surface area contributed by atoms with Crippen LogP contribution >= 0.6 is 0 Å². The average Bonchev–Trinajstić information content (AvgIpc) is 2.65. The Morgan fingerprint density at radius 1 is 1.47 bits per heavy atom. The molecule has 2 rings (SSSR count). The van der Waals surface area contributed by atoms with E-state index in [2.05, 4.69) is 12.2 Å². The Hall–Kier alpha value is -1.06. The van der Waals surface area contributed by atoms with Gasteiger partial charge >= 0.3 is 0 Å². The second-order valence-electron chi connectivity index (χ2n) is 3.93. The molecule has 82 valence electrons. The van der Waals surface area contributed by atoms with Crippen molar-refractivity contribution in [1.29, 1.82) is 0 Å². The molecule has 1 aromatic rings. The molecule has 0 aliphatic carbocycles. The van der Waals surface area contributed by atoms with Gasteiger partial charge in [-0.05, 0) is 19.4 Å². The summed E-state index contributed by atoms with van der Waals surface area (Å²) in [7, 11) is 0. The van der Waals surface area contributed by atoms with Crippen LogP contribution in [0.5, 0.6) is 0 Å². The number of anilines is 1. The maximum Gasteiger partial charge on any atom is 0.0748 e. The van der Waals surface area contributed by atoms with Crippen molar-refractivity contribution < 1.29 is 9.84 Å². The Kier molecular flexibility index (Phi) is 3.23. The van der Waals surface area contributed by atoms with E-state index in [9.17, 15) is 5.11 Å². The standard InChI is InChI=1S/C12H17NO2/c1-9-11(6-7-15-9)13-12-5-3-2-4-10(12)8-14/h2-5,9,11,13-14H,6-8H2,1H3/t9-,11-/m1/s1. The number of para-hydroxylation sites is 1. The molecule has 0 saturated carbocycles. The molecule has 1 aromatic carbocycles. The van der Waals surface area contributed by atoms with Crippen LogP contribution in [0.15, 0.2) is 24.3 Å². The van der Waals surface area contributed by atoms with Crippen molar-refractivity contribution in [2.24, 2.45) is 0 Å². The molecule has 1 heterocycles. The van der Waals surface area contributed by atoms with Crippen molar-refractivity contribution in [2.75, 3.05) is 11.9 Å². The lowest BCUT2D eigenvalue weighted by molar-refractivity contribution is 0.121. The monoisotopic (exact) mass is 207 g/mol. The number of aliphatic hydroxyl groups is 1. The number of rotatable bonds is 3. The molecule has 15 heavy (non-hydrogen) atoms. The first-order valence-corrected chi connectivity index (χ1v) is 5.38. The smallest absolute Gasteiger partial charge is 0.0748 e. The van der Waals surface area contributed by atoms with E-state index in [0.29, 0.717) is 6.04 Å². The molecule has 1 aliphatic heterocycles. The zero-order valence-corrected chi connectivity index (χ0v) is 8.94. The molecule has 0 radical (unpaired) electrons. The minimum atomic E-state index is 0.0745. The third-order valence-corrected chi connectivity index (χ3v) is 2.90. The number of ether oxygens (including phenoxy) is 1. The van der Waals surface area contributed by atoms with E-state index in [0.717, 1.165) is 24.3 Å². The molecule has 0 amide bonds. The van der Waals surface area contributed by atoms with E-state index in [-0.39, 0.29) is 12.7 Å². The summed E-state index contributed by atoms with van der Waals surface area (Å²) >= 11 is 0. The summed E-state index contributed by atoms with van der Waals surface area (Å²) in [6.45, 7) is 2.97. The molecule has 0 spiro atoms. The summed E-state index contributed by atoms with van der Waals surface area (Å²) in [6.07, 6.45) is 1.28. The first-order valence-electron chi connectivity index (χ1n) is 5.38. The minimum absolute atomic E-state index is 0.0745. The van der Waals surface area contributed by atoms with Gasteiger partial charge in [0.25, 0.3) is 0 Å². The summed E-state index contributed by atoms with van der Waals surface area (Å²) < 4.78 is 5.49. The number of hydrogen-bond donors (Lipinski definition) is 2. The van der Waals surface area contributed by atoms with Crippen LogP contribution < -0.4 is 5.32 Å². The lowest BCUT2D eigenvalue weighted by Crippen LogP contribution is -2.27. The van der Waals surface area contributed by atoms with Crippen LogP contribution in [-0.2, 0) is 11.3 Å². The summed E-state index contributed by atoms with van der Waals surface area (Å²) in [6, 6.07) is 8.20. The van der Waals surface area contributed by atoms with Gasteiger partial charge in [0.15, 0.2) is 0 Å². The van der Waals surface area contributed by atoms with Crippen LogP contribution in [-0.4, -0.2) is 23.9 Å². The van der Waals surface area contributed by atoms with Gasteiger partial charge in [-0.1, -0.05) is 18.2 Å². The zero-order valence-electron chi connectivity index (χ0n) is 8.94. The van der Waals surface area contributed by atoms with Gasteiger partial charge < -0.3 is 15.2 Å². The first-order chi connectivity index (χ1) is 7.31. The lowest BCUT2D eigenvalue weighted by Gasteiger charge is -2.19. The largest absolute Gasteiger partial charge is 0.392 e. The number of hydrogen-bond acceptors (Lipinski definition) is 3.